The third-order valence-corrected chi connectivity index (χ3v) is 7.24. The van der Waals surface area contributed by atoms with E-state index < -0.39 is 17.2 Å². The van der Waals surface area contributed by atoms with Crippen LogP contribution in [0.25, 0.3) is 0 Å². The highest BCUT2D eigenvalue weighted by molar-refractivity contribution is 5.97. The van der Waals surface area contributed by atoms with Crippen molar-refractivity contribution in [3.63, 3.8) is 0 Å². The lowest BCUT2D eigenvalue weighted by Gasteiger charge is -2.36. The fourth-order valence-electron chi connectivity index (χ4n) is 5.32. The monoisotopic (exact) mass is 482 g/mol. The van der Waals surface area contributed by atoms with Crippen LogP contribution >= 0.6 is 0 Å². The maximum absolute atomic E-state index is 15.1. The van der Waals surface area contributed by atoms with Gasteiger partial charge in [-0.25, -0.2) is 9.18 Å². The van der Waals surface area contributed by atoms with Crippen LogP contribution in [-0.4, -0.2) is 46.5 Å². The number of aromatic nitrogens is 2. The van der Waals surface area contributed by atoms with Crippen LogP contribution in [0.15, 0.2) is 12.1 Å². The third kappa shape index (κ3) is 4.80. The minimum atomic E-state index is -1.24. The average Bonchev–Trinajstić information content (AvgIpc) is 3.07. The molecule has 1 aromatic carbocycles. The van der Waals surface area contributed by atoms with Gasteiger partial charge < -0.3 is 15.2 Å². The second-order valence-corrected chi connectivity index (χ2v) is 10.5. The average molecular weight is 483 g/mol. The van der Waals surface area contributed by atoms with Gasteiger partial charge in [0.15, 0.2) is 0 Å². The molecule has 0 atom stereocenters. The minimum absolute atomic E-state index is 0.00848. The molecule has 1 spiro atoms. The number of amides is 1. The van der Waals surface area contributed by atoms with Crippen LogP contribution in [0.5, 0.6) is 0 Å². The van der Waals surface area contributed by atoms with E-state index in [0.717, 1.165) is 24.2 Å². The lowest BCUT2D eigenvalue weighted by molar-refractivity contribution is 0.0150. The number of carbonyl (C=O) groups is 2. The Labute approximate surface area is 204 Å². The highest BCUT2D eigenvalue weighted by Gasteiger charge is 2.40. The number of aryl methyl sites for hydroxylation is 1. The summed E-state index contributed by atoms with van der Waals surface area (Å²) in [7, 11) is 0. The molecule has 3 heterocycles. The van der Waals surface area contributed by atoms with E-state index in [9.17, 15) is 20.0 Å². The van der Waals surface area contributed by atoms with Crippen LogP contribution in [0.2, 0.25) is 0 Å². The quantitative estimate of drug-likeness (QED) is 0.651. The fourth-order valence-corrected chi connectivity index (χ4v) is 5.32. The molecule has 1 fully saturated rings. The summed E-state index contributed by atoms with van der Waals surface area (Å²) in [6.07, 6.45) is 3.07. The van der Waals surface area contributed by atoms with Crippen LogP contribution in [-0.2, 0) is 30.5 Å². The molecular formula is C26H31FN4O4. The number of fused-ring (bicyclic) bond motifs is 1. The molecule has 0 radical (unpaired) electrons. The zero-order valence-corrected chi connectivity index (χ0v) is 20.4. The van der Waals surface area contributed by atoms with Gasteiger partial charge >= 0.3 is 5.97 Å². The van der Waals surface area contributed by atoms with E-state index in [0.29, 0.717) is 44.7 Å². The van der Waals surface area contributed by atoms with Gasteiger partial charge in [-0.3, -0.25) is 9.48 Å². The first kappa shape index (κ1) is 24.9. The first-order valence-corrected chi connectivity index (χ1v) is 12.0. The number of nitrogens with zero attached hydrogens (tertiary/aromatic N) is 3. The normalized spacial score (nSPS) is 17.4. The third-order valence-electron chi connectivity index (χ3n) is 7.24. The highest BCUT2D eigenvalue weighted by atomic mass is 19.1. The molecule has 35 heavy (non-hydrogen) atoms. The Hall–Kier alpha value is -3.25. The number of aromatic carboxylic acids is 1. The summed E-state index contributed by atoms with van der Waals surface area (Å²) >= 11 is 0. The van der Waals surface area contributed by atoms with Crippen molar-refractivity contribution in [3.8, 4) is 6.07 Å². The van der Waals surface area contributed by atoms with Gasteiger partial charge in [-0.05, 0) is 55.1 Å². The van der Waals surface area contributed by atoms with Gasteiger partial charge in [0.2, 0.25) is 0 Å². The van der Waals surface area contributed by atoms with Crippen molar-refractivity contribution < 1.29 is 23.8 Å². The minimum Gasteiger partial charge on any atom is -0.478 e. The van der Waals surface area contributed by atoms with E-state index in [1.54, 1.807) is 6.07 Å². The number of ether oxygens (including phenoxy) is 1. The summed E-state index contributed by atoms with van der Waals surface area (Å²) in [6.45, 7) is 8.04. The molecule has 2 aliphatic heterocycles. The SMILES string of the molecule is CCc1nn(CC(C)(C)Cc2c(C(=O)O)ccc(C#N)c2F)c2c1C(=O)NCC1(CCOCC1)C2. The number of benzene rings is 1. The molecule has 2 N–H and O–H groups in total. The number of rotatable bonds is 6. The molecule has 1 amide bonds. The lowest BCUT2D eigenvalue weighted by atomic mass is 9.76. The highest BCUT2D eigenvalue weighted by Crippen LogP contribution is 2.38. The van der Waals surface area contributed by atoms with E-state index in [2.05, 4.69) is 5.32 Å². The number of hydrogen-bond donors (Lipinski definition) is 2. The molecule has 1 aromatic heterocycles. The summed E-state index contributed by atoms with van der Waals surface area (Å²) in [6, 6.07) is 4.27. The summed E-state index contributed by atoms with van der Waals surface area (Å²) in [5.74, 6) is -2.15. The zero-order valence-electron chi connectivity index (χ0n) is 20.4. The molecule has 0 aliphatic carbocycles. The molecule has 2 aliphatic rings. The molecule has 1 saturated heterocycles. The van der Waals surface area contributed by atoms with Crippen molar-refractivity contribution >= 4 is 11.9 Å². The summed E-state index contributed by atoms with van der Waals surface area (Å²) in [5.41, 5.74) is 1.18. The largest absolute Gasteiger partial charge is 0.478 e. The Morgan fingerprint density at radius 2 is 2.09 bits per heavy atom. The van der Waals surface area contributed by atoms with Crippen molar-refractivity contribution in [2.75, 3.05) is 19.8 Å². The molecule has 9 heteroatoms. The van der Waals surface area contributed by atoms with Gasteiger partial charge in [-0.15, -0.1) is 0 Å². The van der Waals surface area contributed by atoms with E-state index >= 15 is 4.39 Å². The Bertz CT molecular complexity index is 1200. The zero-order chi connectivity index (χ0) is 25.4. The van der Waals surface area contributed by atoms with E-state index in [1.807, 2.05) is 25.5 Å². The maximum atomic E-state index is 15.1. The fraction of sp³-hybridized carbons (Fsp3) is 0.538. The van der Waals surface area contributed by atoms with Gasteiger partial charge in [0, 0.05) is 31.9 Å². The standard InChI is InChI=1S/C26H31FN4O4/c1-4-19-21-20(12-26(14-29-23(21)32)7-9-35-10-8-26)31(30-19)15-25(2,3)11-18-17(24(33)34)6-5-16(13-28)22(18)27/h5-6H,4,7-12,14-15H2,1-3H3,(H,29,32)(H,33,34). The number of nitriles is 1. The molecule has 186 valence electrons. The second-order valence-electron chi connectivity index (χ2n) is 10.5. The topological polar surface area (TPSA) is 117 Å². The number of nitrogens with one attached hydrogen (secondary N) is 1. The molecular weight excluding hydrogens is 451 g/mol. The summed E-state index contributed by atoms with van der Waals surface area (Å²) in [4.78, 5) is 24.9. The molecule has 0 unspecified atom stereocenters. The van der Waals surface area contributed by atoms with Crippen LogP contribution in [0.1, 0.15) is 76.8 Å². The second kappa shape index (κ2) is 9.42. The summed E-state index contributed by atoms with van der Waals surface area (Å²) in [5, 5.41) is 26.7. The van der Waals surface area contributed by atoms with Crippen LogP contribution in [0.3, 0.4) is 0 Å². The van der Waals surface area contributed by atoms with Gasteiger partial charge in [0.1, 0.15) is 11.9 Å². The van der Waals surface area contributed by atoms with E-state index in [4.69, 9.17) is 9.84 Å². The van der Waals surface area contributed by atoms with Crippen molar-refractivity contribution in [2.24, 2.45) is 10.8 Å². The number of carboxylic acid groups (broad SMARTS) is 1. The summed E-state index contributed by atoms with van der Waals surface area (Å²) < 4.78 is 22.5. The van der Waals surface area contributed by atoms with Gasteiger partial charge in [0.05, 0.1) is 28.1 Å². The van der Waals surface area contributed by atoms with Crippen molar-refractivity contribution in [3.05, 3.63) is 51.6 Å². The van der Waals surface area contributed by atoms with Crippen LogP contribution < -0.4 is 5.32 Å². The lowest BCUT2D eigenvalue weighted by Crippen LogP contribution is -2.41. The van der Waals surface area contributed by atoms with Crippen molar-refractivity contribution in [2.45, 2.75) is 59.4 Å². The van der Waals surface area contributed by atoms with Gasteiger partial charge in [-0.1, -0.05) is 20.8 Å². The Kier molecular flexibility index (Phi) is 6.69. The van der Waals surface area contributed by atoms with Crippen LogP contribution in [0.4, 0.5) is 4.39 Å². The molecule has 2 aromatic rings. The Morgan fingerprint density at radius 3 is 2.71 bits per heavy atom. The van der Waals surface area contributed by atoms with Gasteiger partial charge in [-0.2, -0.15) is 10.4 Å². The Morgan fingerprint density at radius 1 is 1.37 bits per heavy atom. The molecule has 4 rings (SSSR count). The maximum Gasteiger partial charge on any atom is 0.336 e. The van der Waals surface area contributed by atoms with Gasteiger partial charge in [0.25, 0.3) is 5.91 Å². The Balaban J connectivity index is 1.72. The van der Waals surface area contributed by atoms with Crippen molar-refractivity contribution in [1.82, 2.24) is 15.1 Å². The molecule has 8 nitrogen and oxygen atoms in total. The smallest absolute Gasteiger partial charge is 0.336 e. The predicted molar refractivity (Wildman–Crippen MR) is 126 cm³/mol. The first-order chi connectivity index (χ1) is 16.6. The first-order valence-electron chi connectivity index (χ1n) is 12.0. The van der Waals surface area contributed by atoms with Crippen LogP contribution in [0, 0.1) is 28.0 Å². The van der Waals surface area contributed by atoms with Crippen molar-refractivity contribution in [1.29, 1.82) is 5.26 Å². The molecule has 0 bridgehead atoms. The predicted octanol–water partition coefficient (Wildman–Crippen LogP) is 3.51. The molecule has 0 saturated carbocycles. The van der Waals surface area contributed by atoms with E-state index in [1.165, 1.54) is 12.1 Å². The number of carboxylic acids is 1. The number of carbonyl (C=O) groups excluding carboxylic acids is 1. The number of halogens is 1. The number of hydrogen-bond acceptors (Lipinski definition) is 5. The van der Waals surface area contributed by atoms with E-state index in [-0.39, 0.29) is 34.4 Å².